The second kappa shape index (κ2) is 9.80. The molecule has 0 aliphatic carbocycles. The Kier molecular flexibility index (Phi) is 7.18. The van der Waals surface area contributed by atoms with Gasteiger partial charge in [-0.1, -0.05) is 37.3 Å². The number of benzene rings is 2. The fourth-order valence-electron chi connectivity index (χ4n) is 2.99. The lowest BCUT2D eigenvalue weighted by Gasteiger charge is -2.26. The van der Waals surface area contributed by atoms with E-state index < -0.39 is 0 Å². The first-order chi connectivity index (χ1) is 13.6. The Morgan fingerprint density at radius 1 is 1.11 bits per heavy atom. The van der Waals surface area contributed by atoms with Crippen molar-refractivity contribution < 1.29 is 9.15 Å². The van der Waals surface area contributed by atoms with Crippen molar-refractivity contribution in [3.05, 3.63) is 71.6 Å². The Bertz CT molecular complexity index is 862. The molecular formula is C23H28N2O2S. The molecule has 0 fully saturated rings. The number of aromatic nitrogens is 1. The molecule has 0 spiro atoms. The van der Waals surface area contributed by atoms with Crippen LogP contribution in [-0.2, 0) is 13.2 Å². The Labute approximate surface area is 171 Å². The lowest BCUT2D eigenvalue weighted by molar-refractivity contribution is 0.272. The van der Waals surface area contributed by atoms with E-state index in [0.29, 0.717) is 17.9 Å². The van der Waals surface area contributed by atoms with Crippen LogP contribution in [0.1, 0.15) is 30.9 Å². The van der Waals surface area contributed by atoms with Crippen molar-refractivity contribution in [1.82, 2.24) is 9.88 Å². The van der Waals surface area contributed by atoms with Crippen molar-refractivity contribution in [2.75, 3.05) is 12.8 Å². The summed E-state index contributed by atoms with van der Waals surface area (Å²) in [7, 11) is 0. The standard InChI is InChI=1S/C23H28N2O2S/c1-5-25(18(3)28-4)15-19-11-13-21(14-12-19)26-16-22-17(2)27-23(24-22)20-9-7-6-8-10-20/h6-14,18H,5,15-16H2,1-4H3. The van der Waals surface area contributed by atoms with E-state index in [-0.39, 0.29) is 0 Å². The zero-order chi connectivity index (χ0) is 19.9. The van der Waals surface area contributed by atoms with Gasteiger partial charge in [0.15, 0.2) is 0 Å². The van der Waals surface area contributed by atoms with Crippen LogP contribution in [-0.4, -0.2) is 28.1 Å². The molecule has 0 aliphatic heterocycles. The van der Waals surface area contributed by atoms with Gasteiger partial charge in [0.25, 0.3) is 0 Å². The lowest BCUT2D eigenvalue weighted by atomic mass is 10.2. The Morgan fingerprint density at radius 2 is 1.82 bits per heavy atom. The first-order valence-corrected chi connectivity index (χ1v) is 10.9. The molecule has 3 rings (SSSR count). The molecule has 4 nitrogen and oxygen atoms in total. The van der Waals surface area contributed by atoms with Crippen LogP contribution in [0.3, 0.4) is 0 Å². The number of nitrogens with zero attached hydrogens (tertiary/aromatic N) is 2. The number of hydrogen-bond donors (Lipinski definition) is 0. The zero-order valence-corrected chi connectivity index (χ0v) is 17.8. The fourth-order valence-corrected chi connectivity index (χ4v) is 3.51. The third kappa shape index (κ3) is 5.18. The van der Waals surface area contributed by atoms with Crippen LogP contribution in [0.2, 0.25) is 0 Å². The summed E-state index contributed by atoms with van der Waals surface area (Å²) >= 11 is 1.87. The van der Waals surface area contributed by atoms with Crippen LogP contribution in [0.15, 0.2) is 59.0 Å². The summed E-state index contributed by atoms with van der Waals surface area (Å²) in [5, 5.41) is 0.509. The van der Waals surface area contributed by atoms with E-state index in [1.165, 1.54) is 5.56 Å². The summed E-state index contributed by atoms with van der Waals surface area (Å²) in [5.41, 5.74) is 3.09. The summed E-state index contributed by atoms with van der Waals surface area (Å²) in [4.78, 5) is 7.04. The van der Waals surface area contributed by atoms with Crippen LogP contribution < -0.4 is 4.74 Å². The van der Waals surface area contributed by atoms with Crippen molar-refractivity contribution in [3.8, 4) is 17.2 Å². The minimum atomic E-state index is 0.395. The maximum absolute atomic E-state index is 5.94. The highest BCUT2D eigenvalue weighted by Gasteiger charge is 2.13. The van der Waals surface area contributed by atoms with E-state index in [0.717, 1.165) is 35.9 Å². The van der Waals surface area contributed by atoms with Crippen LogP contribution in [0, 0.1) is 6.92 Å². The van der Waals surface area contributed by atoms with Crippen LogP contribution in [0.5, 0.6) is 5.75 Å². The van der Waals surface area contributed by atoms with Gasteiger partial charge >= 0.3 is 0 Å². The number of hydrogen-bond acceptors (Lipinski definition) is 5. The number of rotatable bonds is 9. The zero-order valence-electron chi connectivity index (χ0n) is 17.0. The first kappa shape index (κ1) is 20.5. The third-order valence-electron chi connectivity index (χ3n) is 4.86. The summed E-state index contributed by atoms with van der Waals surface area (Å²) in [6.07, 6.45) is 2.15. The molecule has 0 N–H and O–H groups in total. The van der Waals surface area contributed by atoms with Crippen LogP contribution in [0.4, 0.5) is 0 Å². The van der Waals surface area contributed by atoms with Crippen LogP contribution in [0.25, 0.3) is 11.5 Å². The number of thioether (sulfide) groups is 1. The largest absolute Gasteiger partial charge is 0.487 e. The van der Waals surface area contributed by atoms with E-state index in [4.69, 9.17) is 9.15 Å². The van der Waals surface area contributed by atoms with Crippen molar-refractivity contribution in [2.45, 2.75) is 39.3 Å². The smallest absolute Gasteiger partial charge is 0.226 e. The molecular weight excluding hydrogens is 368 g/mol. The van der Waals surface area contributed by atoms with Gasteiger partial charge in [0.1, 0.15) is 23.8 Å². The summed E-state index contributed by atoms with van der Waals surface area (Å²) in [6.45, 7) is 8.75. The van der Waals surface area contributed by atoms with Gasteiger partial charge in [0, 0.05) is 12.1 Å². The third-order valence-corrected chi connectivity index (χ3v) is 5.84. The molecule has 0 aliphatic rings. The van der Waals surface area contributed by atoms with Crippen LogP contribution >= 0.6 is 11.8 Å². The number of oxazole rings is 1. The fraction of sp³-hybridized carbons (Fsp3) is 0.348. The van der Waals surface area contributed by atoms with Gasteiger partial charge < -0.3 is 9.15 Å². The average molecular weight is 397 g/mol. The van der Waals surface area contributed by atoms with Crippen molar-refractivity contribution in [3.63, 3.8) is 0 Å². The number of ether oxygens (including phenoxy) is 1. The quantitative estimate of drug-likeness (QED) is 0.430. The van der Waals surface area contributed by atoms with Gasteiger partial charge in [0.2, 0.25) is 5.89 Å². The van der Waals surface area contributed by atoms with E-state index in [2.05, 4.69) is 42.1 Å². The van der Waals surface area contributed by atoms with E-state index in [1.54, 1.807) is 0 Å². The normalized spacial score (nSPS) is 12.3. The lowest BCUT2D eigenvalue weighted by Crippen LogP contribution is -2.29. The summed E-state index contributed by atoms with van der Waals surface area (Å²) in [5.74, 6) is 2.27. The highest BCUT2D eigenvalue weighted by Crippen LogP contribution is 2.23. The van der Waals surface area contributed by atoms with Gasteiger partial charge in [-0.25, -0.2) is 4.98 Å². The molecule has 0 saturated heterocycles. The molecule has 1 heterocycles. The average Bonchev–Trinajstić information content (AvgIpc) is 3.12. The maximum atomic E-state index is 5.94. The van der Waals surface area contributed by atoms with Gasteiger partial charge in [0.05, 0.1) is 5.37 Å². The predicted octanol–water partition coefficient (Wildman–Crippen LogP) is 5.76. The van der Waals surface area contributed by atoms with Gasteiger partial charge in [-0.3, -0.25) is 4.90 Å². The molecule has 28 heavy (non-hydrogen) atoms. The summed E-state index contributed by atoms with van der Waals surface area (Å²) in [6, 6.07) is 18.2. The molecule has 148 valence electrons. The first-order valence-electron chi connectivity index (χ1n) is 9.61. The van der Waals surface area contributed by atoms with E-state index in [1.807, 2.05) is 61.2 Å². The minimum absolute atomic E-state index is 0.395. The van der Waals surface area contributed by atoms with Gasteiger partial charge in [-0.15, -0.1) is 11.8 Å². The summed E-state index contributed by atoms with van der Waals surface area (Å²) < 4.78 is 11.7. The monoisotopic (exact) mass is 396 g/mol. The van der Waals surface area contributed by atoms with Crippen molar-refractivity contribution in [2.24, 2.45) is 0 Å². The van der Waals surface area contributed by atoms with E-state index >= 15 is 0 Å². The molecule has 2 aromatic carbocycles. The molecule has 1 atom stereocenters. The number of aryl methyl sites for hydroxylation is 1. The Balaban J connectivity index is 1.60. The second-order valence-electron chi connectivity index (χ2n) is 6.72. The highest BCUT2D eigenvalue weighted by atomic mass is 32.2. The second-order valence-corrected chi connectivity index (χ2v) is 7.87. The molecule has 5 heteroatoms. The molecule has 0 bridgehead atoms. The van der Waals surface area contributed by atoms with Gasteiger partial charge in [-0.2, -0.15) is 0 Å². The van der Waals surface area contributed by atoms with Crippen molar-refractivity contribution in [1.29, 1.82) is 0 Å². The molecule has 0 saturated carbocycles. The SMILES string of the molecule is CCN(Cc1ccc(OCc2nc(-c3ccccc3)oc2C)cc1)C(C)SC. The molecule has 3 aromatic rings. The Morgan fingerprint density at radius 3 is 2.46 bits per heavy atom. The topological polar surface area (TPSA) is 38.5 Å². The Hall–Kier alpha value is -2.24. The molecule has 1 unspecified atom stereocenters. The van der Waals surface area contributed by atoms with E-state index in [9.17, 15) is 0 Å². The molecule has 0 radical (unpaired) electrons. The molecule has 1 aromatic heterocycles. The van der Waals surface area contributed by atoms with Gasteiger partial charge in [-0.05, 0) is 56.5 Å². The minimum Gasteiger partial charge on any atom is -0.487 e. The highest BCUT2D eigenvalue weighted by molar-refractivity contribution is 7.99. The molecule has 0 amide bonds. The predicted molar refractivity (Wildman–Crippen MR) is 117 cm³/mol. The maximum Gasteiger partial charge on any atom is 0.226 e. The van der Waals surface area contributed by atoms with Crippen molar-refractivity contribution >= 4 is 11.8 Å².